The molecule has 0 fully saturated rings. The van der Waals surface area contributed by atoms with Crippen LogP contribution in [0.2, 0.25) is 0 Å². The number of nitrogens with zero attached hydrogens (tertiary/aromatic N) is 2. The molecule has 4 rings (SSSR count). The number of fused-ring (bicyclic) bond motifs is 2. The van der Waals surface area contributed by atoms with E-state index >= 15 is 0 Å². The highest BCUT2D eigenvalue weighted by Crippen LogP contribution is 2.40. The molecule has 1 aliphatic heterocycles. The summed E-state index contributed by atoms with van der Waals surface area (Å²) in [6.07, 6.45) is 6.11. The first kappa shape index (κ1) is 15.4. The third-order valence-electron chi connectivity index (χ3n) is 4.97. The molecule has 0 radical (unpaired) electrons. The van der Waals surface area contributed by atoms with Crippen LogP contribution in [0.15, 0.2) is 51.9 Å². The number of halogens is 1. The third kappa shape index (κ3) is 2.74. The van der Waals surface area contributed by atoms with Gasteiger partial charge in [0.05, 0.1) is 5.71 Å². The highest BCUT2D eigenvalue weighted by molar-refractivity contribution is 9.10. The largest absolute Gasteiger partial charge is 0.489 e. The van der Waals surface area contributed by atoms with E-state index in [-0.39, 0.29) is 6.10 Å². The first-order valence-corrected chi connectivity index (χ1v) is 9.05. The second-order valence-corrected chi connectivity index (χ2v) is 7.27. The molecular weight excluding hydrogens is 364 g/mol. The summed E-state index contributed by atoms with van der Waals surface area (Å²) >= 11 is 3.49. The van der Waals surface area contributed by atoms with Crippen molar-refractivity contribution in [3.63, 3.8) is 0 Å². The van der Waals surface area contributed by atoms with Gasteiger partial charge in [0.2, 0.25) is 6.19 Å². The van der Waals surface area contributed by atoms with Gasteiger partial charge in [-0.2, -0.15) is 10.3 Å². The van der Waals surface area contributed by atoms with Crippen LogP contribution in [0.1, 0.15) is 41.9 Å². The first-order valence-electron chi connectivity index (χ1n) is 8.26. The van der Waals surface area contributed by atoms with Gasteiger partial charge in [0, 0.05) is 22.4 Å². The summed E-state index contributed by atoms with van der Waals surface area (Å²) in [5.74, 6) is 1.18. The van der Waals surface area contributed by atoms with Crippen LogP contribution in [0.25, 0.3) is 0 Å². The summed E-state index contributed by atoms with van der Waals surface area (Å²) in [5, 5.41) is 9.08. The molecule has 2 aromatic carbocycles. The van der Waals surface area contributed by atoms with Crippen molar-refractivity contribution in [2.75, 3.05) is 0 Å². The van der Waals surface area contributed by atoms with Crippen molar-refractivity contribution in [1.82, 2.24) is 0 Å². The van der Waals surface area contributed by atoms with E-state index in [0.29, 0.717) is 12.3 Å². The SMILES string of the molecule is N#CN=C1CC(C2CCCc3ccccc32)Oc2ccc(Br)cc21. The van der Waals surface area contributed by atoms with Crippen LogP contribution in [-0.4, -0.2) is 11.8 Å². The summed E-state index contributed by atoms with van der Waals surface area (Å²) in [6, 6.07) is 14.6. The molecule has 1 aliphatic carbocycles. The summed E-state index contributed by atoms with van der Waals surface area (Å²) < 4.78 is 7.32. The van der Waals surface area contributed by atoms with Crippen LogP contribution in [-0.2, 0) is 6.42 Å². The molecule has 0 N–H and O–H groups in total. The maximum atomic E-state index is 9.08. The summed E-state index contributed by atoms with van der Waals surface area (Å²) in [7, 11) is 0. The number of ether oxygens (including phenoxy) is 1. The minimum Gasteiger partial charge on any atom is -0.489 e. The van der Waals surface area contributed by atoms with E-state index in [4.69, 9.17) is 10.00 Å². The lowest BCUT2D eigenvalue weighted by Gasteiger charge is -2.36. The normalized spacial score (nSPS) is 23.8. The predicted octanol–water partition coefficient (Wildman–Crippen LogP) is 4.99. The van der Waals surface area contributed by atoms with Gasteiger partial charge in [0.15, 0.2) is 0 Å². The fourth-order valence-corrected chi connectivity index (χ4v) is 4.27. The molecule has 2 unspecified atom stereocenters. The van der Waals surface area contributed by atoms with Gasteiger partial charge in [-0.1, -0.05) is 40.2 Å². The van der Waals surface area contributed by atoms with E-state index in [2.05, 4.69) is 45.2 Å². The molecule has 0 aromatic heterocycles. The number of aryl methyl sites for hydroxylation is 1. The lowest BCUT2D eigenvalue weighted by Crippen LogP contribution is -2.34. The zero-order valence-electron chi connectivity index (χ0n) is 13.2. The molecule has 0 bridgehead atoms. The molecule has 0 amide bonds. The Hall–Kier alpha value is -2.12. The number of hydrogen-bond acceptors (Lipinski definition) is 3. The van der Waals surface area contributed by atoms with Crippen LogP contribution in [0, 0.1) is 11.5 Å². The van der Waals surface area contributed by atoms with Gasteiger partial charge in [-0.05, 0) is 48.6 Å². The molecule has 3 nitrogen and oxygen atoms in total. The second kappa shape index (κ2) is 6.41. The summed E-state index contributed by atoms with van der Waals surface area (Å²) in [5.41, 5.74) is 4.57. The van der Waals surface area contributed by atoms with Crippen molar-refractivity contribution >= 4 is 21.6 Å². The predicted molar refractivity (Wildman–Crippen MR) is 97.4 cm³/mol. The Balaban J connectivity index is 1.73. The average Bonchev–Trinajstić information content (AvgIpc) is 2.62. The Bertz CT molecular complexity index is 853. The maximum Gasteiger partial charge on any atom is 0.205 e. The molecule has 4 heteroatoms. The molecule has 1 heterocycles. The molecule has 0 spiro atoms. The summed E-state index contributed by atoms with van der Waals surface area (Å²) in [4.78, 5) is 4.09. The fraction of sp³-hybridized carbons (Fsp3) is 0.300. The Morgan fingerprint density at radius 2 is 2.08 bits per heavy atom. The Morgan fingerprint density at radius 1 is 1.21 bits per heavy atom. The molecule has 24 heavy (non-hydrogen) atoms. The fourth-order valence-electron chi connectivity index (χ4n) is 3.90. The van der Waals surface area contributed by atoms with Crippen molar-refractivity contribution in [2.45, 2.75) is 37.7 Å². The van der Waals surface area contributed by atoms with E-state index in [1.54, 1.807) is 0 Å². The zero-order chi connectivity index (χ0) is 16.5. The molecule has 0 saturated carbocycles. The number of rotatable bonds is 1. The highest BCUT2D eigenvalue weighted by Gasteiger charge is 2.34. The van der Waals surface area contributed by atoms with Crippen LogP contribution < -0.4 is 4.74 Å². The van der Waals surface area contributed by atoms with E-state index in [1.807, 2.05) is 24.4 Å². The van der Waals surface area contributed by atoms with Crippen LogP contribution in [0.5, 0.6) is 5.75 Å². The minimum atomic E-state index is 0.0345. The first-order chi connectivity index (χ1) is 11.8. The lowest BCUT2D eigenvalue weighted by molar-refractivity contribution is 0.160. The Morgan fingerprint density at radius 3 is 2.96 bits per heavy atom. The lowest BCUT2D eigenvalue weighted by atomic mass is 9.77. The zero-order valence-corrected chi connectivity index (χ0v) is 14.8. The standard InChI is InChI=1S/C20H17BrN2O/c21-14-8-9-19-17(10-14)18(23-12-22)11-20(24-19)16-7-3-5-13-4-1-2-6-15(13)16/h1-2,4,6,8-10,16,20H,3,5,7,11H2. The van der Waals surface area contributed by atoms with Gasteiger partial charge in [0.25, 0.3) is 0 Å². The molecule has 120 valence electrons. The Labute approximate surface area is 150 Å². The van der Waals surface area contributed by atoms with Crippen LogP contribution in [0.4, 0.5) is 0 Å². The van der Waals surface area contributed by atoms with E-state index in [1.165, 1.54) is 17.5 Å². The third-order valence-corrected chi connectivity index (χ3v) is 5.47. The Kier molecular flexibility index (Phi) is 4.12. The summed E-state index contributed by atoms with van der Waals surface area (Å²) in [6.45, 7) is 0. The van der Waals surface area contributed by atoms with Gasteiger partial charge < -0.3 is 4.74 Å². The topological polar surface area (TPSA) is 45.4 Å². The maximum absolute atomic E-state index is 9.08. The molecule has 2 aromatic rings. The quantitative estimate of drug-likeness (QED) is 0.654. The van der Waals surface area contributed by atoms with Crippen molar-refractivity contribution in [1.29, 1.82) is 5.26 Å². The van der Waals surface area contributed by atoms with Gasteiger partial charge in [0.1, 0.15) is 11.9 Å². The van der Waals surface area contributed by atoms with Crippen LogP contribution in [0.3, 0.4) is 0 Å². The number of hydrogen-bond donors (Lipinski definition) is 0. The smallest absolute Gasteiger partial charge is 0.205 e. The van der Waals surface area contributed by atoms with Gasteiger partial charge in [-0.15, -0.1) is 0 Å². The molecule has 0 saturated heterocycles. The van der Waals surface area contributed by atoms with Crippen molar-refractivity contribution < 1.29 is 4.74 Å². The second-order valence-electron chi connectivity index (χ2n) is 6.36. The van der Waals surface area contributed by atoms with Crippen molar-refractivity contribution in [2.24, 2.45) is 4.99 Å². The van der Waals surface area contributed by atoms with E-state index in [0.717, 1.165) is 34.3 Å². The molecular formula is C20H17BrN2O. The van der Waals surface area contributed by atoms with E-state index in [9.17, 15) is 0 Å². The highest BCUT2D eigenvalue weighted by atomic mass is 79.9. The number of aliphatic imine (C=N–C) groups is 1. The molecule has 2 atom stereocenters. The van der Waals surface area contributed by atoms with Gasteiger partial charge in [-0.25, -0.2) is 0 Å². The van der Waals surface area contributed by atoms with Gasteiger partial charge in [-0.3, -0.25) is 0 Å². The van der Waals surface area contributed by atoms with E-state index < -0.39 is 0 Å². The monoisotopic (exact) mass is 380 g/mol. The van der Waals surface area contributed by atoms with Gasteiger partial charge >= 0.3 is 0 Å². The molecule has 2 aliphatic rings. The average molecular weight is 381 g/mol. The minimum absolute atomic E-state index is 0.0345. The number of benzene rings is 2. The van der Waals surface area contributed by atoms with Crippen molar-refractivity contribution in [3.05, 3.63) is 63.6 Å². The number of nitriles is 1. The van der Waals surface area contributed by atoms with Crippen molar-refractivity contribution in [3.8, 4) is 11.9 Å². The van der Waals surface area contributed by atoms with Crippen LogP contribution >= 0.6 is 15.9 Å².